The zero-order valence-corrected chi connectivity index (χ0v) is 32.3. The van der Waals surface area contributed by atoms with Gasteiger partial charge in [-0.05, 0) is 70.7 Å². The van der Waals surface area contributed by atoms with Gasteiger partial charge in [0.05, 0.1) is 43.2 Å². The molecule has 0 radical (unpaired) electrons. The Balaban J connectivity index is 0.832. The fraction of sp³-hybridized carbons (Fsp3) is 0.368. The number of pyridine rings is 1. The van der Waals surface area contributed by atoms with Crippen molar-refractivity contribution in [2.45, 2.75) is 44.4 Å². The molecule has 3 aliphatic rings. The SMILES string of the molecule is O=C(CCCN1Cc2cc(NC(=O)c3cccc(C(F)(F)F)n3)c(Br)cc2C1=O)NCCOCCOCCNc1cccc2c1C(=O)N(C1CCC(=O)NC1=O)C2=O. The van der Waals surface area contributed by atoms with Crippen LogP contribution in [0.25, 0.3) is 0 Å². The van der Waals surface area contributed by atoms with Crippen LogP contribution >= 0.6 is 15.9 Å². The fourth-order valence-electron chi connectivity index (χ4n) is 6.60. The molecule has 1 fully saturated rings. The number of alkyl halides is 3. The van der Waals surface area contributed by atoms with Crippen molar-refractivity contribution >= 4 is 68.7 Å². The van der Waals surface area contributed by atoms with Gasteiger partial charge in [-0.3, -0.25) is 43.8 Å². The summed E-state index contributed by atoms with van der Waals surface area (Å²) < 4.78 is 50.6. The van der Waals surface area contributed by atoms with Crippen molar-refractivity contribution in [1.82, 2.24) is 25.4 Å². The number of aromatic nitrogens is 1. The van der Waals surface area contributed by atoms with Crippen LogP contribution in [-0.4, -0.2) is 108 Å². The third-order valence-corrected chi connectivity index (χ3v) is 10.1. The molecule has 2 aromatic carbocycles. The van der Waals surface area contributed by atoms with Gasteiger partial charge >= 0.3 is 6.18 Å². The maximum Gasteiger partial charge on any atom is 0.433 e. The topological polar surface area (TPSA) is 205 Å². The van der Waals surface area contributed by atoms with Crippen LogP contribution in [0.4, 0.5) is 24.5 Å². The number of halogens is 4. The minimum atomic E-state index is -4.71. The van der Waals surface area contributed by atoms with E-state index in [1.165, 1.54) is 12.1 Å². The minimum absolute atomic E-state index is 0.0293. The second-order valence-electron chi connectivity index (χ2n) is 13.4. The Hall–Kier alpha value is -5.73. The highest BCUT2D eigenvalue weighted by Crippen LogP contribution is 2.34. The maximum absolute atomic E-state index is 13.2. The predicted octanol–water partition coefficient (Wildman–Crippen LogP) is 3.51. The number of nitrogens with zero attached hydrogens (tertiary/aromatic N) is 3. The minimum Gasteiger partial charge on any atom is -0.382 e. The Morgan fingerprint density at radius 2 is 1.64 bits per heavy atom. The van der Waals surface area contributed by atoms with Gasteiger partial charge in [0, 0.05) is 54.7 Å². The van der Waals surface area contributed by atoms with E-state index in [4.69, 9.17) is 9.47 Å². The standard InChI is InChI=1S/C38H37BrF3N7O9/c39-24-19-23-21(18-27(24)46-33(52)26-6-2-7-29(45-26)38(40,41)42)20-48(35(23)54)13-3-8-30(50)44-12-15-58-17-16-57-14-11-43-25-5-1-4-22-32(25)37(56)49(36(22)55)28-9-10-31(51)47-34(28)53/h1-2,4-7,18-19,28,43H,3,8-17,20H2,(H,44,50)(H,46,52)(H,47,51,53). The Bertz CT molecular complexity index is 2150. The van der Waals surface area contributed by atoms with Gasteiger partial charge in [0.1, 0.15) is 17.4 Å². The first-order valence-electron chi connectivity index (χ1n) is 18.2. The van der Waals surface area contributed by atoms with Crippen molar-refractivity contribution in [3.05, 3.63) is 86.6 Å². The van der Waals surface area contributed by atoms with Crippen LogP contribution in [0.5, 0.6) is 0 Å². The number of ether oxygens (including phenoxy) is 2. The number of imide groups is 2. The third-order valence-electron chi connectivity index (χ3n) is 9.39. The summed E-state index contributed by atoms with van der Waals surface area (Å²) in [5.41, 5.74) is 0.403. The molecule has 4 heterocycles. The largest absolute Gasteiger partial charge is 0.433 e. The quantitative estimate of drug-likeness (QED) is 0.114. The van der Waals surface area contributed by atoms with E-state index in [2.05, 4.69) is 42.2 Å². The summed E-state index contributed by atoms with van der Waals surface area (Å²) >= 11 is 3.31. The van der Waals surface area contributed by atoms with Crippen LogP contribution in [0.15, 0.2) is 53.0 Å². The number of carbonyl (C=O) groups excluding carboxylic acids is 7. The summed E-state index contributed by atoms with van der Waals surface area (Å²) in [6.07, 6.45) is -4.07. The molecule has 0 saturated carbocycles. The first-order valence-corrected chi connectivity index (χ1v) is 19.0. The van der Waals surface area contributed by atoms with Gasteiger partial charge < -0.3 is 30.3 Å². The van der Waals surface area contributed by atoms with E-state index in [1.807, 2.05) is 0 Å². The summed E-state index contributed by atoms with van der Waals surface area (Å²) in [6.45, 7) is 2.08. The lowest BCUT2D eigenvalue weighted by Crippen LogP contribution is -2.54. The predicted molar refractivity (Wildman–Crippen MR) is 202 cm³/mol. The van der Waals surface area contributed by atoms with E-state index in [0.717, 1.165) is 23.1 Å². The number of hydrogen-bond acceptors (Lipinski definition) is 11. The van der Waals surface area contributed by atoms with E-state index in [0.29, 0.717) is 40.8 Å². The lowest BCUT2D eigenvalue weighted by atomic mass is 10.0. The second-order valence-corrected chi connectivity index (χ2v) is 14.2. The summed E-state index contributed by atoms with van der Waals surface area (Å²) in [5.74, 6) is -3.66. The number of nitrogens with one attached hydrogen (secondary N) is 4. The fourth-order valence-corrected chi connectivity index (χ4v) is 7.04. The number of hydrogen-bond donors (Lipinski definition) is 4. The van der Waals surface area contributed by atoms with Gasteiger partial charge in [-0.25, -0.2) is 4.98 Å². The zero-order valence-electron chi connectivity index (χ0n) is 30.7. The lowest BCUT2D eigenvalue weighted by Gasteiger charge is -2.27. The molecule has 0 spiro atoms. The molecular formula is C38H37BrF3N7O9. The molecule has 0 bridgehead atoms. The molecule has 58 heavy (non-hydrogen) atoms. The molecule has 1 unspecified atom stereocenters. The Labute approximate surface area is 337 Å². The van der Waals surface area contributed by atoms with Crippen LogP contribution in [-0.2, 0) is 36.6 Å². The summed E-state index contributed by atoms with van der Waals surface area (Å²) in [6, 6.07) is 9.86. The number of rotatable bonds is 17. The number of fused-ring (bicyclic) bond motifs is 2. The van der Waals surface area contributed by atoms with Crippen molar-refractivity contribution in [2.24, 2.45) is 0 Å². The van der Waals surface area contributed by atoms with Gasteiger partial charge in [0.25, 0.3) is 23.6 Å². The van der Waals surface area contributed by atoms with E-state index in [9.17, 15) is 46.7 Å². The number of benzene rings is 2. The van der Waals surface area contributed by atoms with Gasteiger partial charge in [-0.1, -0.05) is 12.1 Å². The highest BCUT2D eigenvalue weighted by atomic mass is 79.9. The van der Waals surface area contributed by atoms with E-state index < -0.39 is 53.1 Å². The molecule has 4 N–H and O–H groups in total. The Kier molecular flexibility index (Phi) is 13.2. The van der Waals surface area contributed by atoms with Gasteiger partial charge in [-0.2, -0.15) is 13.2 Å². The Morgan fingerprint density at radius 3 is 2.38 bits per heavy atom. The van der Waals surface area contributed by atoms with Gasteiger partial charge in [0.2, 0.25) is 17.7 Å². The molecule has 7 amide bonds. The average molecular weight is 873 g/mol. The number of anilines is 2. The zero-order chi connectivity index (χ0) is 41.6. The maximum atomic E-state index is 13.2. The molecule has 16 nitrogen and oxygen atoms in total. The molecule has 3 aliphatic heterocycles. The molecule has 1 saturated heterocycles. The van der Waals surface area contributed by atoms with Crippen LogP contribution in [0.1, 0.15) is 78.5 Å². The summed E-state index contributed by atoms with van der Waals surface area (Å²) in [4.78, 5) is 93.9. The summed E-state index contributed by atoms with van der Waals surface area (Å²) in [5, 5.41) is 10.6. The highest BCUT2D eigenvalue weighted by Gasteiger charge is 2.45. The average Bonchev–Trinajstić information content (AvgIpc) is 3.62. The van der Waals surface area contributed by atoms with Crippen LogP contribution in [0.3, 0.4) is 0 Å². The van der Waals surface area contributed by atoms with Crippen molar-refractivity contribution in [3.63, 3.8) is 0 Å². The number of piperidine rings is 1. The number of amides is 7. The molecule has 306 valence electrons. The molecule has 3 aromatic rings. The second kappa shape index (κ2) is 18.2. The van der Waals surface area contributed by atoms with Gasteiger partial charge in [0.15, 0.2) is 0 Å². The summed E-state index contributed by atoms with van der Waals surface area (Å²) in [7, 11) is 0. The molecule has 20 heteroatoms. The number of carbonyl (C=O) groups is 7. The third kappa shape index (κ3) is 9.68. The normalized spacial score (nSPS) is 16.3. The smallest absolute Gasteiger partial charge is 0.382 e. The Morgan fingerprint density at radius 1 is 0.897 bits per heavy atom. The highest BCUT2D eigenvalue weighted by molar-refractivity contribution is 9.10. The van der Waals surface area contributed by atoms with E-state index in [1.54, 1.807) is 23.1 Å². The van der Waals surface area contributed by atoms with Crippen LogP contribution in [0, 0.1) is 0 Å². The van der Waals surface area contributed by atoms with Crippen molar-refractivity contribution in [1.29, 1.82) is 0 Å². The van der Waals surface area contributed by atoms with Crippen molar-refractivity contribution < 1.29 is 56.2 Å². The van der Waals surface area contributed by atoms with Crippen molar-refractivity contribution in [3.8, 4) is 0 Å². The first kappa shape index (κ1) is 41.9. The molecule has 1 aromatic heterocycles. The van der Waals surface area contributed by atoms with E-state index >= 15 is 0 Å². The monoisotopic (exact) mass is 871 g/mol. The lowest BCUT2D eigenvalue weighted by molar-refractivity contribution is -0.141. The molecular weight excluding hydrogens is 835 g/mol. The van der Waals surface area contributed by atoms with E-state index in [-0.39, 0.29) is 87.4 Å². The van der Waals surface area contributed by atoms with Crippen LogP contribution in [0.2, 0.25) is 0 Å². The molecule has 6 rings (SSSR count). The van der Waals surface area contributed by atoms with Crippen molar-refractivity contribution in [2.75, 3.05) is 56.7 Å². The van der Waals surface area contributed by atoms with Gasteiger partial charge in [-0.15, -0.1) is 0 Å². The molecule has 1 atom stereocenters. The first-order chi connectivity index (χ1) is 27.7. The van der Waals surface area contributed by atoms with Crippen LogP contribution < -0.4 is 21.3 Å². The molecule has 0 aliphatic carbocycles.